The van der Waals surface area contributed by atoms with Crippen LogP contribution in [-0.2, 0) is 14.3 Å². The Labute approximate surface area is 126 Å². The molecule has 0 atom stereocenters. The molecule has 116 valence electrons. The summed E-state index contributed by atoms with van der Waals surface area (Å²) in [4.78, 5) is 37.8. The van der Waals surface area contributed by atoms with E-state index < -0.39 is 18.4 Å². The van der Waals surface area contributed by atoms with Crippen LogP contribution in [0.15, 0.2) is 17.5 Å². The lowest BCUT2D eigenvalue weighted by Gasteiger charge is -2.23. The first-order valence-corrected chi connectivity index (χ1v) is 7.11. The fourth-order valence-electron chi connectivity index (χ4n) is 1.62. The van der Waals surface area contributed by atoms with Crippen molar-refractivity contribution in [1.82, 2.24) is 9.80 Å². The second-order valence-corrected chi connectivity index (χ2v) is 5.29. The van der Waals surface area contributed by atoms with Crippen LogP contribution in [0, 0.1) is 0 Å². The number of aliphatic carboxylic acids is 1. The third kappa shape index (κ3) is 5.52. The van der Waals surface area contributed by atoms with Gasteiger partial charge in [-0.25, -0.2) is 0 Å². The molecule has 7 nitrogen and oxygen atoms in total. The number of carbonyl (C=O) groups excluding carboxylic acids is 2. The van der Waals surface area contributed by atoms with Gasteiger partial charge < -0.3 is 19.6 Å². The Bertz CT molecular complexity index is 489. The summed E-state index contributed by atoms with van der Waals surface area (Å²) in [6, 6.07) is 3.43. The van der Waals surface area contributed by atoms with Gasteiger partial charge in [0.15, 0.2) is 0 Å². The molecule has 0 saturated carbocycles. The highest BCUT2D eigenvalue weighted by molar-refractivity contribution is 7.12. The second-order valence-electron chi connectivity index (χ2n) is 4.34. The van der Waals surface area contributed by atoms with Crippen LogP contribution in [0.1, 0.15) is 9.67 Å². The number of carboxylic acid groups (broad SMARTS) is 1. The topological polar surface area (TPSA) is 87.2 Å². The lowest BCUT2D eigenvalue weighted by molar-refractivity contribution is -0.145. The molecule has 0 saturated heterocycles. The van der Waals surface area contributed by atoms with E-state index in [-0.39, 0.29) is 25.6 Å². The highest BCUT2D eigenvalue weighted by Gasteiger charge is 2.21. The first-order chi connectivity index (χ1) is 9.95. The fourth-order valence-corrected chi connectivity index (χ4v) is 2.34. The summed E-state index contributed by atoms with van der Waals surface area (Å²) in [6.45, 7) is -0.179. The molecule has 0 fully saturated rings. The van der Waals surface area contributed by atoms with Gasteiger partial charge in [0.25, 0.3) is 5.91 Å². The van der Waals surface area contributed by atoms with E-state index in [0.29, 0.717) is 4.88 Å². The summed E-state index contributed by atoms with van der Waals surface area (Å²) in [5, 5.41) is 10.6. The van der Waals surface area contributed by atoms with Crippen molar-refractivity contribution in [3.05, 3.63) is 22.4 Å². The molecule has 0 radical (unpaired) electrons. The fraction of sp³-hybridized carbons (Fsp3) is 0.462. The van der Waals surface area contributed by atoms with Crippen LogP contribution in [0.2, 0.25) is 0 Å². The maximum absolute atomic E-state index is 12.1. The number of ether oxygens (including phenoxy) is 1. The molecule has 0 aliphatic heterocycles. The van der Waals surface area contributed by atoms with Gasteiger partial charge in [0.2, 0.25) is 5.91 Å². The molecule has 0 bridgehead atoms. The molecule has 1 aromatic heterocycles. The Hall–Kier alpha value is -1.93. The van der Waals surface area contributed by atoms with E-state index in [9.17, 15) is 14.4 Å². The minimum absolute atomic E-state index is 0.169. The molecule has 0 aliphatic carbocycles. The van der Waals surface area contributed by atoms with Crippen molar-refractivity contribution >= 4 is 29.1 Å². The van der Waals surface area contributed by atoms with Crippen molar-refractivity contribution < 1.29 is 24.2 Å². The largest absolute Gasteiger partial charge is 0.480 e. The van der Waals surface area contributed by atoms with Gasteiger partial charge >= 0.3 is 5.97 Å². The maximum Gasteiger partial charge on any atom is 0.323 e. The minimum Gasteiger partial charge on any atom is -0.480 e. The Morgan fingerprint density at radius 1 is 1.33 bits per heavy atom. The molecule has 0 aromatic carbocycles. The normalized spacial score (nSPS) is 10.2. The number of carboxylic acids is 1. The monoisotopic (exact) mass is 314 g/mol. The van der Waals surface area contributed by atoms with Crippen molar-refractivity contribution in [2.45, 2.75) is 0 Å². The summed E-state index contributed by atoms with van der Waals surface area (Å²) >= 11 is 1.29. The quantitative estimate of drug-likeness (QED) is 0.749. The molecule has 21 heavy (non-hydrogen) atoms. The molecule has 8 heteroatoms. The van der Waals surface area contributed by atoms with E-state index in [2.05, 4.69) is 0 Å². The van der Waals surface area contributed by atoms with E-state index >= 15 is 0 Å². The van der Waals surface area contributed by atoms with Crippen molar-refractivity contribution in [2.75, 3.05) is 40.4 Å². The smallest absolute Gasteiger partial charge is 0.323 e. The average molecular weight is 314 g/mol. The number of likely N-dealkylation sites (N-methyl/N-ethyl adjacent to an activating group) is 1. The first kappa shape index (κ1) is 17.1. The number of methoxy groups -OCH3 is 1. The van der Waals surface area contributed by atoms with Gasteiger partial charge in [0.1, 0.15) is 6.54 Å². The highest BCUT2D eigenvalue weighted by atomic mass is 32.1. The third-order valence-corrected chi connectivity index (χ3v) is 3.55. The van der Waals surface area contributed by atoms with Crippen LogP contribution in [0.5, 0.6) is 0 Å². The Morgan fingerprint density at radius 2 is 2.05 bits per heavy atom. The van der Waals surface area contributed by atoms with Gasteiger partial charge in [-0.15, -0.1) is 11.3 Å². The zero-order valence-corrected chi connectivity index (χ0v) is 12.8. The van der Waals surface area contributed by atoms with E-state index in [0.717, 1.165) is 4.90 Å². The van der Waals surface area contributed by atoms with Gasteiger partial charge in [0.05, 0.1) is 18.0 Å². The summed E-state index contributed by atoms with van der Waals surface area (Å²) in [7, 11) is 2.98. The Kier molecular flexibility index (Phi) is 6.83. The first-order valence-electron chi connectivity index (χ1n) is 6.23. The van der Waals surface area contributed by atoms with Gasteiger partial charge in [0, 0.05) is 20.7 Å². The van der Waals surface area contributed by atoms with Crippen LogP contribution in [0.3, 0.4) is 0 Å². The Balaban J connectivity index is 2.62. The van der Waals surface area contributed by atoms with Gasteiger partial charge in [-0.2, -0.15) is 0 Å². The predicted molar refractivity (Wildman–Crippen MR) is 77.4 cm³/mol. The van der Waals surface area contributed by atoms with Crippen LogP contribution in [0.25, 0.3) is 0 Å². The van der Waals surface area contributed by atoms with Gasteiger partial charge in [-0.05, 0) is 11.4 Å². The van der Waals surface area contributed by atoms with Crippen LogP contribution in [-0.4, -0.2) is 73.1 Å². The zero-order chi connectivity index (χ0) is 15.8. The van der Waals surface area contributed by atoms with Crippen LogP contribution in [0.4, 0.5) is 0 Å². The number of hydrogen-bond donors (Lipinski definition) is 1. The maximum atomic E-state index is 12.1. The number of rotatable bonds is 8. The van der Waals surface area contributed by atoms with E-state index in [1.165, 1.54) is 30.4 Å². The van der Waals surface area contributed by atoms with Crippen molar-refractivity contribution in [2.24, 2.45) is 0 Å². The molecule has 0 aliphatic rings. The summed E-state index contributed by atoms with van der Waals surface area (Å²) in [5.74, 6) is -1.80. The number of nitrogens with zero attached hydrogens (tertiary/aromatic N) is 2. The van der Waals surface area contributed by atoms with Crippen molar-refractivity contribution in [3.8, 4) is 0 Å². The molecule has 0 unspecified atom stereocenters. The summed E-state index contributed by atoms with van der Waals surface area (Å²) in [5.41, 5.74) is 0. The number of thiophene rings is 1. The molecule has 1 N–H and O–H groups in total. The number of carbonyl (C=O) groups is 3. The minimum atomic E-state index is -1.10. The molecule has 2 amide bonds. The zero-order valence-electron chi connectivity index (χ0n) is 11.9. The lowest BCUT2D eigenvalue weighted by atomic mass is 10.3. The molecule has 0 spiro atoms. The van der Waals surface area contributed by atoms with Crippen LogP contribution >= 0.6 is 11.3 Å². The van der Waals surface area contributed by atoms with E-state index in [4.69, 9.17) is 9.84 Å². The summed E-state index contributed by atoms with van der Waals surface area (Å²) < 4.78 is 4.85. The predicted octanol–water partition coefficient (Wildman–Crippen LogP) is 0.380. The average Bonchev–Trinajstić information content (AvgIpc) is 2.95. The molecular weight excluding hydrogens is 296 g/mol. The standard InChI is InChI=1S/C13H18N2O5S/c1-14(13(19)10-4-3-7-21-10)8-11(16)15(5-6-20-2)9-12(17)18/h3-4,7H,5-6,8-9H2,1-2H3,(H,17,18). The molecule has 1 rings (SSSR count). The van der Waals surface area contributed by atoms with Crippen LogP contribution < -0.4 is 0 Å². The highest BCUT2D eigenvalue weighted by Crippen LogP contribution is 2.11. The van der Waals surface area contributed by atoms with Crippen molar-refractivity contribution in [3.63, 3.8) is 0 Å². The SMILES string of the molecule is COCCN(CC(=O)O)C(=O)CN(C)C(=O)c1cccs1. The van der Waals surface area contributed by atoms with E-state index in [1.54, 1.807) is 17.5 Å². The lowest BCUT2D eigenvalue weighted by Crippen LogP contribution is -2.44. The number of hydrogen-bond acceptors (Lipinski definition) is 5. The Morgan fingerprint density at radius 3 is 2.57 bits per heavy atom. The summed E-state index contributed by atoms with van der Waals surface area (Å²) in [6.07, 6.45) is 0. The second kappa shape index (κ2) is 8.38. The molecule has 1 aromatic rings. The molecule has 1 heterocycles. The third-order valence-electron chi connectivity index (χ3n) is 2.70. The molecular formula is C13H18N2O5S. The van der Waals surface area contributed by atoms with E-state index in [1.807, 2.05) is 0 Å². The van der Waals surface area contributed by atoms with Gasteiger partial charge in [-0.1, -0.05) is 6.07 Å². The van der Waals surface area contributed by atoms with Gasteiger partial charge in [-0.3, -0.25) is 14.4 Å². The van der Waals surface area contributed by atoms with Crippen molar-refractivity contribution in [1.29, 1.82) is 0 Å². The number of amides is 2.